The van der Waals surface area contributed by atoms with Gasteiger partial charge in [-0.25, -0.2) is 4.39 Å². The zero-order chi connectivity index (χ0) is 13.0. The van der Waals surface area contributed by atoms with Gasteiger partial charge in [-0.3, -0.25) is 21.2 Å². The van der Waals surface area contributed by atoms with Crippen LogP contribution in [0.4, 0.5) is 4.39 Å². The average molecular weight is 311 g/mol. The smallest absolute Gasteiger partial charge is 0.126 e. The van der Waals surface area contributed by atoms with Gasteiger partial charge in [0.25, 0.3) is 0 Å². The van der Waals surface area contributed by atoms with Gasteiger partial charge in [0.2, 0.25) is 0 Å². The van der Waals surface area contributed by atoms with Gasteiger partial charge in [0.15, 0.2) is 0 Å². The number of halogens is 2. The molecule has 0 fully saturated rings. The molecule has 1 aromatic carbocycles. The summed E-state index contributed by atoms with van der Waals surface area (Å²) < 4.78 is 14.5. The molecular weight excluding hydrogens is 299 g/mol. The van der Waals surface area contributed by atoms with E-state index >= 15 is 0 Å². The van der Waals surface area contributed by atoms with E-state index < -0.39 is 0 Å². The summed E-state index contributed by atoms with van der Waals surface area (Å²) in [7, 11) is 0. The third-order valence-electron chi connectivity index (χ3n) is 2.57. The molecule has 1 aromatic heterocycles. The molecule has 2 rings (SSSR count). The summed E-state index contributed by atoms with van der Waals surface area (Å²) in [6, 6.07) is 4.54. The molecule has 0 saturated carbocycles. The summed E-state index contributed by atoms with van der Waals surface area (Å²) in [6.07, 6.45) is 5.18. The minimum atomic E-state index is -0.275. The van der Waals surface area contributed by atoms with Crippen LogP contribution in [0.5, 0.6) is 0 Å². The maximum atomic E-state index is 13.7. The van der Waals surface area contributed by atoms with Crippen molar-refractivity contribution < 1.29 is 4.39 Å². The molecule has 94 valence electrons. The molecule has 1 heterocycles. The number of nitrogens with zero attached hydrogens (tertiary/aromatic N) is 2. The first-order valence-electron chi connectivity index (χ1n) is 5.36. The van der Waals surface area contributed by atoms with E-state index in [1.165, 1.54) is 6.07 Å². The third-order valence-corrected chi connectivity index (χ3v) is 3.07. The summed E-state index contributed by atoms with van der Waals surface area (Å²) in [5.74, 6) is 5.23. The predicted molar refractivity (Wildman–Crippen MR) is 69.9 cm³/mol. The summed E-state index contributed by atoms with van der Waals surface area (Å²) >= 11 is 3.32. The minimum absolute atomic E-state index is 0.262. The Morgan fingerprint density at radius 1 is 1.39 bits per heavy atom. The standard InChI is InChI=1S/C12H12BrFN4/c13-9-1-2-10(14)8(5-9)6-11(18-15)12-7-16-3-4-17-12/h1-5,7,11,18H,6,15H2. The Kier molecular flexibility index (Phi) is 4.35. The Hall–Kier alpha value is -1.37. The Labute approximate surface area is 113 Å². The summed E-state index contributed by atoms with van der Waals surface area (Å²) in [6.45, 7) is 0. The van der Waals surface area contributed by atoms with Gasteiger partial charge in [0.1, 0.15) is 5.82 Å². The van der Waals surface area contributed by atoms with E-state index in [0.717, 1.165) is 4.47 Å². The van der Waals surface area contributed by atoms with E-state index in [9.17, 15) is 4.39 Å². The summed E-state index contributed by atoms with van der Waals surface area (Å²) in [4.78, 5) is 8.13. The first-order chi connectivity index (χ1) is 8.70. The summed E-state index contributed by atoms with van der Waals surface area (Å²) in [5.41, 5.74) is 3.88. The van der Waals surface area contributed by atoms with Gasteiger partial charge in [-0.05, 0) is 30.2 Å². The molecule has 0 amide bonds. The molecule has 0 radical (unpaired) electrons. The van der Waals surface area contributed by atoms with Gasteiger partial charge >= 0.3 is 0 Å². The van der Waals surface area contributed by atoms with E-state index in [1.54, 1.807) is 30.7 Å². The highest BCUT2D eigenvalue weighted by atomic mass is 79.9. The van der Waals surface area contributed by atoms with Crippen LogP contribution in [0.1, 0.15) is 17.3 Å². The number of hydrazine groups is 1. The molecule has 0 aliphatic heterocycles. The molecule has 0 saturated heterocycles. The lowest BCUT2D eigenvalue weighted by Gasteiger charge is -2.15. The molecule has 6 heteroatoms. The molecule has 18 heavy (non-hydrogen) atoms. The number of hydrogen-bond donors (Lipinski definition) is 2. The van der Waals surface area contributed by atoms with Crippen LogP contribution in [0.2, 0.25) is 0 Å². The Balaban J connectivity index is 2.23. The molecule has 0 aliphatic carbocycles. The normalized spacial score (nSPS) is 12.4. The van der Waals surface area contributed by atoms with Crippen LogP contribution in [-0.2, 0) is 6.42 Å². The topological polar surface area (TPSA) is 63.8 Å². The van der Waals surface area contributed by atoms with E-state index in [1.807, 2.05) is 0 Å². The van der Waals surface area contributed by atoms with E-state index in [-0.39, 0.29) is 11.9 Å². The second kappa shape index (κ2) is 5.99. The van der Waals surface area contributed by atoms with Crippen molar-refractivity contribution in [1.29, 1.82) is 0 Å². The molecule has 0 spiro atoms. The fraction of sp³-hybridized carbons (Fsp3) is 0.167. The van der Waals surface area contributed by atoms with Crippen LogP contribution >= 0.6 is 15.9 Å². The molecule has 4 nitrogen and oxygen atoms in total. The van der Waals surface area contributed by atoms with Gasteiger partial charge in [-0.1, -0.05) is 15.9 Å². The molecule has 0 aliphatic rings. The van der Waals surface area contributed by atoms with E-state index in [2.05, 4.69) is 31.3 Å². The highest BCUT2D eigenvalue weighted by Gasteiger charge is 2.14. The fourth-order valence-electron chi connectivity index (χ4n) is 1.66. The zero-order valence-electron chi connectivity index (χ0n) is 9.48. The monoisotopic (exact) mass is 310 g/mol. The van der Waals surface area contributed by atoms with Gasteiger partial charge < -0.3 is 0 Å². The number of rotatable bonds is 4. The predicted octanol–water partition coefficient (Wildman–Crippen LogP) is 2.13. The number of benzene rings is 1. The van der Waals surface area contributed by atoms with Crippen LogP contribution in [0, 0.1) is 5.82 Å². The quantitative estimate of drug-likeness (QED) is 0.671. The van der Waals surface area contributed by atoms with Crippen molar-refractivity contribution in [2.75, 3.05) is 0 Å². The van der Waals surface area contributed by atoms with Crippen LogP contribution < -0.4 is 11.3 Å². The van der Waals surface area contributed by atoms with Crippen molar-refractivity contribution in [2.45, 2.75) is 12.5 Å². The van der Waals surface area contributed by atoms with Gasteiger partial charge in [0.05, 0.1) is 17.9 Å². The van der Waals surface area contributed by atoms with Crippen molar-refractivity contribution in [2.24, 2.45) is 5.84 Å². The molecule has 1 unspecified atom stereocenters. The SMILES string of the molecule is NNC(Cc1cc(Br)ccc1F)c1cnccn1. The average Bonchev–Trinajstić information content (AvgIpc) is 2.41. The number of nitrogens with two attached hydrogens (primary N) is 1. The third kappa shape index (κ3) is 3.10. The lowest BCUT2D eigenvalue weighted by molar-refractivity contribution is 0.517. The Morgan fingerprint density at radius 2 is 2.22 bits per heavy atom. The molecule has 3 N–H and O–H groups in total. The zero-order valence-corrected chi connectivity index (χ0v) is 11.1. The Bertz CT molecular complexity index is 521. The van der Waals surface area contributed by atoms with Crippen molar-refractivity contribution in [3.63, 3.8) is 0 Å². The number of nitrogens with one attached hydrogen (secondary N) is 1. The van der Waals surface area contributed by atoms with Crippen molar-refractivity contribution in [1.82, 2.24) is 15.4 Å². The van der Waals surface area contributed by atoms with Crippen LogP contribution in [-0.4, -0.2) is 9.97 Å². The van der Waals surface area contributed by atoms with E-state index in [0.29, 0.717) is 17.7 Å². The molecule has 0 bridgehead atoms. The minimum Gasteiger partial charge on any atom is -0.271 e. The fourth-order valence-corrected chi connectivity index (χ4v) is 2.07. The molecule has 1 atom stereocenters. The highest BCUT2D eigenvalue weighted by Crippen LogP contribution is 2.21. The first-order valence-corrected chi connectivity index (χ1v) is 6.16. The second-order valence-electron chi connectivity index (χ2n) is 3.79. The van der Waals surface area contributed by atoms with Crippen molar-refractivity contribution >= 4 is 15.9 Å². The van der Waals surface area contributed by atoms with Gasteiger partial charge in [0, 0.05) is 16.9 Å². The van der Waals surface area contributed by atoms with E-state index in [4.69, 9.17) is 5.84 Å². The maximum Gasteiger partial charge on any atom is 0.126 e. The second-order valence-corrected chi connectivity index (χ2v) is 4.71. The van der Waals surface area contributed by atoms with Gasteiger partial charge in [-0.15, -0.1) is 0 Å². The lowest BCUT2D eigenvalue weighted by Crippen LogP contribution is -2.30. The first kappa shape index (κ1) is 13.1. The van der Waals surface area contributed by atoms with Crippen LogP contribution in [0.3, 0.4) is 0 Å². The summed E-state index contributed by atoms with van der Waals surface area (Å²) in [5, 5.41) is 0. The van der Waals surface area contributed by atoms with Crippen molar-refractivity contribution in [3.05, 3.63) is 58.3 Å². The Morgan fingerprint density at radius 3 is 2.89 bits per heavy atom. The largest absolute Gasteiger partial charge is 0.271 e. The maximum absolute atomic E-state index is 13.7. The van der Waals surface area contributed by atoms with Gasteiger partial charge in [-0.2, -0.15) is 0 Å². The highest BCUT2D eigenvalue weighted by molar-refractivity contribution is 9.10. The number of hydrogen-bond acceptors (Lipinski definition) is 4. The van der Waals surface area contributed by atoms with Crippen molar-refractivity contribution in [3.8, 4) is 0 Å². The molecule has 2 aromatic rings. The van der Waals surface area contributed by atoms with Crippen LogP contribution in [0.25, 0.3) is 0 Å². The van der Waals surface area contributed by atoms with Crippen LogP contribution in [0.15, 0.2) is 41.3 Å². The lowest BCUT2D eigenvalue weighted by atomic mass is 10.0. The molecular formula is C12H12BrFN4. The number of aromatic nitrogens is 2.